The highest BCUT2D eigenvalue weighted by molar-refractivity contribution is 5.92. The van der Waals surface area contributed by atoms with Crippen LogP contribution in [0.5, 0.6) is 5.75 Å². The van der Waals surface area contributed by atoms with E-state index in [0.29, 0.717) is 23.5 Å². The summed E-state index contributed by atoms with van der Waals surface area (Å²) in [7, 11) is 1.37. The number of aromatic amines is 1. The Bertz CT molecular complexity index is 1950. The van der Waals surface area contributed by atoms with Gasteiger partial charge in [0.1, 0.15) is 5.82 Å². The molecule has 0 saturated carbocycles. The second-order valence-electron chi connectivity index (χ2n) is 10.9. The number of aliphatic carboxylic acids is 1. The van der Waals surface area contributed by atoms with Gasteiger partial charge < -0.3 is 20.1 Å². The number of benzene rings is 4. The molecule has 4 aromatic carbocycles. The first-order valence-corrected chi connectivity index (χ1v) is 15.4. The van der Waals surface area contributed by atoms with Crippen LogP contribution in [0.15, 0.2) is 109 Å². The number of unbranched alkanes of at least 4 members (excludes halogenated alkanes) is 1. The molecule has 0 aliphatic rings. The summed E-state index contributed by atoms with van der Waals surface area (Å²) in [5.74, 6) is -0.823. The third-order valence-electron chi connectivity index (χ3n) is 7.62. The molecule has 0 bridgehead atoms. The molecule has 242 valence electrons. The van der Waals surface area contributed by atoms with E-state index < -0.39 is 10.9 Å². The van der Waals surface area contributed by atoms with E-state index in [1.54, 1.807) is 30.3 Å². The Balaban J connectivity index is 1.36. The van der Waals surface area contributed by atoms with Gasteiger partial charge in [-0.05, 0) is 60.2 Å². The lowest BCUT2D eigenvalue weighted by Crippen LogP contribution is -2.22. The maximum absolute atomic E-state index is 12.4. The van der Waals surface area contributed by atoms with Gasteiger partial charge in [0.2, 0.25) is 5.91 Å². The van der Waals surface area contributed by atoms with E-state index in [1.807, 2.05) is 54.6 Å². The first-order chi connectivity index (χ1) is 23.3. The predicted molar refractivity (Wildman–Crippen MR) is 186 cm³/mol. The van der Waals surface area contributed by atoms with Crippen LogP contribution >= 0.6 is 0 Å². The SMILES string of the molecule is COc1cccc(-c2nc(-c3ccc(/C=C/C(=O)NCCCCc4ccccc4)cc3)c(-c3ccc(/C=C/C(=O)O)cc3)[nH]2)c1[N+](=O)[O-]. The minimum Gasteiger partial charge on any atom is -0.490 e. The van der Waals surface area contributed by atoms with Crippen LogP contribution < -0.4 is 10.1 Å². The molecule has 5 rings (SSSR count). The van der Waals surface area contributed by atoms with Crippen LogP contribution in [0.25, 0.3) is 46.1 Å². The second kappa shape index (κ2) is 15.8. The second-order valence-corrected chi connectivity index (χ2v) is 10.9. The zero-order valence-corrected chi connectivity index (χ0v) is 26.3. The van der Waals surface area contributed by atoms with Crippen molar-refractivity contribution >= 4 is 29.7 Å². The Labute approximate surface area is 277 Å². The van der Waals surface area contributed by atoms with Crippen LogP contribution in [-0.2, 0) is 16.0 Å². The fourth-order valence-corrected chi connectivity index (χ4v) is 5.21. The lowest BCUT2D eigenvalue weighted by molar-refractivity contribution is -0.385. The Kier molecular flexibility index (Phi) is 10.9. The normalized spacial score (nSPS) is 11.2. The molecule has 1 amide bonds. The number of amides is 1. The van der Waals surface area contributed by atoms with Gasteiger partial charge in [-0.2, -0.15) is 0 Å². The molecular formula is C38H34N4O6. The fraction of sp³-hybridized carbons (Fsp3) is 0.132. The first kappa shape index (κ1) is 33.1. The van der Waals surface area contributed by atoms with Gasteiger partial charge >= 0.3 is 11.7 Å². The largest absolute Gasteiger partial charge is 0.490 e. The molecule has 0 radical (unpaired) electrons. The number of carbonyl (C=O) groups excluding carboxylic acids is 1. The van der Waals surface area contributed by atoms with Crippen molar-refractivity contribution in [3.05, 3.63) is 136 Å². The number of rotatable bonds is 14. The third kappa shape index (κ3) is 8.49. The number of carboxylic acids is 1. The maximum Gasteiger partial charge on any atom is 0.328 e. The van der Waals surface area contributed by atoms with Crippen molar-refractivity contribution in [1.82, 2.24) is 15.3 Å². The van der Waals surface area contributed by atoms with Crippen molar-refractivity contribution in [3.8, 4) is 39.7 Å². The molecule has 5 aromatic rings. The summed E-state index contributed by atoms with van der Waals surface area (Å²) in [4.78, 5) is 43.0. The lowest BCUT2D eigenvalue weighted by Gasteiger charge is -2.05. The predicted octanol–water partition coefficient (Wildman–Crippen LogP) is 7.58. The Morgan fingerprint density at radius 1 is 0.875 bits per heavy atom. The number of carboxylic acid groups (broad SMARTS) is 1. The summed E-state index contributed by atoms with van der Waals surface area (Å²) in [6.45, 7) is 0.599. The molecule has 0 spiro atoms. The van der Waals surface area contributed by atoms with E-state index in [4.69, 9.17) is 14.8 Å². The van der Waals surface area contributed by atoms with E-state index in [-0.39, 0.29) is 28.7 Å². The molecule has 0 aliphatic carbocycles. The van der Waals surface area contributed by atoms with Gasteiger partial charge in [-0.1, -0.05) is 84.9 Å². The van der Waals surface area contributed by atoms with Crippen molar-refractivity contribution < 1.29 is 24.4 Å². The summed E-state index contributed by atoms with van der Waals surface area (Å²) < 4.78 is 5.26. The van der Waals surface area contributed by atoms with Gasteiger partial charge in [-0.25, -0.2) is 9.78 Å². The van der Waals surface area contributed by atoms with Crippen LogP contribution in [0.1, 0.15) is 29.5 Å². The minimum atomic E-state index is -1.05. The number of nitro groups is 1. The number of aromatic nitrogens is 2. The number of para-hydroxylation sites is 1. The summed E-state index contributed by atoms with van der Waals surface area (Å²) in [5, 5.41) is 23.9. The number of nitrogens with zero attached hydrogens (tertiary/aromatic N) is 2. The number of imidazole rings is 1. The van der Waals surface area contributed by atoms with E-state index >= 15 is 0 Å². The zero-order valence-electron chi connectivity index (χ0n) is 26.3. The molecule has 0 atom stereocenters. The average molecular weight is 643 g/mol. The minimum absolute atomic E-state index is 0.110. The number of methoxy groups -OCH3 is 1. The molecule has 0 unspecified atom stereocenters. The smallest absolute Gasteiger partial charge is 0.328 e. The highest BCUT2D eigenvalue weighted by atomic mass is 16.6. The van der Waals surface area contributed by atoms with Gasteiger partial charge in [0.25, 0.3) is 0 Å². The number of nitrogens with one attached hydrogen (secondary N) is 2. The molecule has 48 heavy (non-hydrogen) atoms. The van der Waals surface area contributed by atoms with E-state index in [9.17, 15) is 19.7 Å². The van der Waals surface area contributed by atoms with E-state index in [1.165, 1.54) is 30.9 Å². The molecule has 0 aliphatic heterocycles. The Morgan fingerprint density at radius 3 is 2.19 bits per heavy atom. The number of hydrogen-bond donors (Lipinski definition) is 3. The van der Waals surface area contributed by atoms with Gasteiger partial charge in [-0.3, -0.25) is 14.9 Å². The van der Waals surface area contributed by atoms with Crippen LogP contribution in [0.2, 0.25) is 0 Å². The number of carbonyl (C=O) groups is 2. The van der Waals surface area contributed by atoms with E-state index in [2.05, 4.69) is 22.4 Å². The summed E-state index contributed by atoms with van der Waals surface area (Å²) in [6.07, 6.45) is 8.65. The molecule has 10 heteroatoms. The number of nitro benzene ring substituents is 1. The van der Waals surface area contributed by atoms with Crippen LogP contribution in [-0.4, -0.2) is 45.5 Å². The van der Waals surface area contributed by atoms with Crippen molar-refractivity contribution in [2.45, 2.75) is 19.3 Å². The first-order valence-electron chi connectivity index (χ1n) is 15.4. The molecule has 3 N–H and O–H groups in total. The molecule has 0 fully saturated rings. The summed E-state index contributed by atoms with van der Waals surface area (Å²) in [5.41, 5.74) is 5.50. The highest BCUT2D eigenvalue weighted by Crippen LogP contribution is 2.40. The Morgan fingerprint density at radius 2 is 1.54 bits per heavy atom. The molecular weight excluding hydrogens is 608 g/mol. The van der Waals surface area contributed by atoms with Crippen LogP contribution in [0.3, 0.4) is 0 Å². The lowest BCUT2D eigenvalue weighted by atomic mass is 10.0. The molecule has 0 saturated heterocycles. The van der Waals surface area contributed by atoms with Gasteiger partial charge in [0.05, 0.1) is 29.0 Å². The van der Waals surface area contributed by atoms with Crippen molar-refractivity contribution in [3.63, 3.8) is 0 Å². The van der Waals surface area contributed by atoms with Gasteiger partial charge in [0.15, 0.2) is 5.75 Å². The fourth-order valence-electron chi connectivity index (χ4n) is 5.21. The van der Waals surface area contributed by atoms with Crippen molar-refractivity contribution in [2.75, 3.05) is 13.7 Å². The average Bonchev–Trinajstić information content (AvgIpc) is 3.55. The van der Waals surface area contributed by atoms with E-state index in [0.717, 1.165) is 42.0 Å². The standard InChI is InChI=1S/C38H34N4O6/c1-48-32-12-7-11-31(37(32)42(46)47)38-40-35(36(41-38)30-21-15-28(16-22-30)18-24-34(44)45)29-19-13-27(14-20-29)17-23-33(43)39-25-6-5-10-26-8-3-2-4-9-26/h2-4,7-9,11-24H,5-6,10,25H2,1H3,(H,39,43)(H,40,41)(H,44,45)/b23-17+,24-18+. The monoisotopic (exact) mass is 642 g/mol. The van der Waals surface area contributed by atoms with Crippen LogP contribution in [0.4, 0.5) is 5.69 Å². The highest BCUT2D eigenvalue weighted by Gasteiger charge is 2.25. The molecule has 1 heterocycles. The number of aryl methyl sites for hydroxylation is 1. The zero-order chi connectivity index (χ0) is 33.9. The number of ether oxygens (including phenoxy) is 1. The number of H-pyrrole nitrogens is 1. The molecule has 10 nitrogen and oxygen atoms in total. The summed E-state index contributed by atoms with van der Waals surface area (Å²) in [6, 6.07) is 29.7. The van der Waals surface area contributed by atoms with Crippen molar-refractivity contribution in [2.24, 2.45) is 0 Å². The number of hydrogen-bond acceptors (Lipinski definition) is 6. The third-order valence-corrected chi connectivity index (χ3v) is 7.62. The van der Waals surface area contributed by atoms with Gasteiger partial charge in [0, 0.05) is 29.8 Å². The quantitative estimate of drug-likeness (QED) is 0.0490. The van der Waals surface area contributed by atoms with Gasteiger partial charge in [-0.15, -0.1) is 0 Å². The topological polar surface area (TPSA) is 147 Å². The molecule has 1 aromatic heterocycles. The van der Waals surface area contributed by atoms with Crippen LogP contribution in [0, 0.1) is 10.1 Å². The summed E-state index contributed by atoms with van der Waals surface area (Å²) >= 11 is 0. The van der Waals surface area contributed by atoms with Crippen molar-refractivity contribution in [1.29, 1.82) is 0 Å². The maximum atomic E-state index is 12.4. The Hall–Kier alpha value is -6.29.